The van der Waals surface area contributed by atoms with Crippen LogP contribution in [0.3, 0.4) is 0 Å². The van der Waals surface area contributed by atoms with Gasteiger partial charge in [0.2, 0.25) is 5.82 Å². The van der Waals surface area contributed by atoms with Crippen LogP contribution in [0.15, 0.2) is 24.3 Å². The molecule has 2 aromatic heterocycles. The van der Waals surface area contributed by atoms with Crippen LogP contribution in [0, 0.1) is 0 Å². The number of hydrogen-bond acceptors (Lipinski definition) is 5. The number of hydrogen-bond donors (Lipinski definition) is 2. The summed E-state index contributed by atoms with van der Waals surface area (Å²) in [7, 11) is 1.71. The van der Waals surface area contributed by atoms with Crippen LogP contribution in [0.25, 0.3) is 11.4 Å². The first-order chi connectivity index (χ1) is 11.2. The summed E-state index contributed by atoms with van der Waals surface area (Å²) in [5.41, 5.74) is 4.07. The van der Waals surface area contributed by atoms with Gasteiger partial charge in [-0.3, -0.25) is 9.89 Å². The third-order valence-electron chi connectivity index (χ3n) is 3.91. The molecule has 0 aliphatic heterocycles. The van der Waals surface area contributed by atoms with E-state index in [0.717, 1.165) is 36.1 Å². The first-order valence-electron chi connectivity index (χ1n) is 7.42. The number of H-pyrrole nitrogens is 1. The van der Waals surface area contributed by atoms with Crippen molar-refractivity contribution in [1.82, 2.24) is 30.4 Å². The molecule has 1 aliphatic rings. The smallest absolute Gasteiger partial charge is 0.276 e. The molecule has 0 saturated heterocycles. The maximum atomic E-state index is 12.4. The van der Waals surface area contributed by atoms with Gasteiger partial charge in [0.25, 0.3) is 5.91 Å². The van der Waals surface area contributed by atoms with E-state index in [1.165, 1.54) is 4.80 Å². The Labute approximate surface area is 131 Å². The minimum absolute atomic E-state index is 0.200. The number of amides is 1. The molecule has 0 bridgehead atoms. The summed E-state index contributed by atoms with van der Waals surface area (Å²) >= 11 is 0. The summed E-state index contributed by atoms with van der Waals surface area (Å²) in [5.74, 6) is 0.318. The fourth-order valence-electron chi connectivity index (χ4n) is 2.83. The minimum Gasteiger partial charge on any atom is -0.321 e. The summed E-state index contributed by atoms with van der Waals surface area (Å²) in [6, 6.07) is 7.36. The van der Waals surface area contributed by atoms with Crippen LogP contribution in [-0.4, -0.2) is 36.3 Å². The van der Waals surface area contributed by atoms with E-state index in [2.05, 4.69) is 30.9 Å². The molecule has 8 heteroatoms. The van der Waals surface area contributed by atoms with Gasteiger partial charge in [-0.1, -0.05) is 12.1 Å². The molecule has 116 valence electrons. The minimum atomic E-state index is -0.200. The molecule has 0 saturated carbocycles. The van der Waals surface area contributed by atoms with Crippen LogP contribution in [0.5, 0.6) is 0 Å². The molecule has 0 fully saturated rings. The Morgan fingerprint density at radius 1 is 1.35 bits per heavy atom. The van der Waals surface area contributed by atoms with Crippen LogP contribution in [-0.2, 0) is 19.9 Å². The largest absolute Gasteiger partial charge is 0.321 e. The number of tetrazole rings is 1. The lowest BCUT2D eigenvalue weighted by Gasteiger charge is -2.05. The van der Waals surface area contributed by atoms with Crippen LogP contribution < -0.4 is 5.32 Å². The van der Waals surface area contributed by atoms with Crippen molar-refractivity contribution in [3.05, 3.63) is 41.2 Å². The second kappa shape index (κ2) is 5.31. The highest BCUT2D eigenvalue weighted by atomic mass is 16.1. The molecule has 2 N–H and O–H groups in total. The van der Waals surface area contributed by atoms with Gasteiger partial charge in [0.15, 0.2) is 5.69 Å². The van der Waals surface area contributed by atoms with Gasteiger partial charge >= 0.3 is 0 Å². The highest BCUT2D eigenvalue weighted by Gasteiger charge is 2.23. The number of rotatable bonds is 3. The number of aromatic nitrogens is 6. The molecule has 0 radical (unpaired) electrons. The fourth-order valence-corrected chi connectivity index (χ4v) is 2.83. The van der Waals surface area contributed by atoms with Crippen molar-refractivity contribution in [1.29, 1.82) is 0 Å². The van der Waals surface area contributed by atoms with Crippen molar-refractivity contribution >= 4 is 11.6 Å². The number of aryl methyl sites for hydroxylation is 2. The Morgan fingerprint density at radius 3 is 3.09 bits per heavy atom. The number of fused-ring (bicyclic) bond motifs is 1. The molecule has 1 aliphatic carbocycles. The first kappa shape index (κ1) is 13.6. The summed E-state index contributed by atoms with van der Waals surface area (Å²) < 4.78 is 0. The van der Waals surface area contributed by atoms with Crippen molar-refractivity contribution in [2.45, 2.75) is 19.3 Å². The Balaban J connectivity index is 1.58. The van der Waals surface area contributed by atoms with Crippen molar-refractivity contribution in [3.63, 3.8) is 0 Å². The predicted octanol–water partition coefficient (Wildman–Crippen LogP) is 1.34. The van der Waals surface area contributed by atoms with Gasteiger partial charge in [-0.15, -0.1) is 10.2 Å². The van der Waals surface area contributed by atoms with E-state index in [9.17, 15) is 4.79 Å². The van der Waals surface area contributed by atoms with Gasteiger partial charge in [0, 0.05) is 22.5 Å². The van der Waals surface area contributed by atoms with Crippen molar-refractivity contribution in [3.8, 4) is 11.4 Å². The van der Waals surface area contributed by atoms with Crippen LogP contribution in [0.4, 0.5) is 5.69 Å². The van der Waals surface area contributed by atoms with Crippen LogP contribution >= 0.6 is 0 Å². The SMILES string of the molecule is Cn1nnc(-c2cccc(NC(=O)c3n[nH]c4c3CCC4)c2)n1. The standard InChI is InChI=1S/C15H15N7O/c1-22-20-14(19-21-22)9-4-2-5-10(8-9)16-15(23)13-11-6-3-7-12(11)17-18-13/h2,4-5,8H,3,6-7H2,1H3,(H,16,23)(H,17,18). The second-order valence-electron chi connectivity index (χ2n) is 5.52. The average Bonchev–Trinajstić information content (AvgIpc) is 3.23. The summed E-state index contributed by atoms with van der Waals surface area (Å²) in [4.78, 5) is 13.8. The van der Waals surface area contributed by atoms with E-state index in [-0.39, 0.29) is 5.91 Å². The summed E-state index contributed by atoms with van der Waals surface area (Å²) in [6.45, 7) is 0. The van der Waals surface area contributed by atoms with Gasteiger partial charge in [-0.05, 0) is 36.6 Å². The number of aromatic amines is 1. The zero-order chi connectivity index (χ0) is 15.8. The predicted molar refractivity (Wildman–Crippen MR) is 82.8 cm³/mol. The summed E-state index contributed by atoms with van der Waals surface area (Å²) in [5, 5.41) is 21.9. The lowest BCUT2D eigenvalue weighted by Crippen LogP contribution is -2.14. The van der Waals surface area contributed by atoms with Crippen LogP contribution in [0.1, 0.15) is 28.2 Å². The maximum absolute atomic E-state index is 12.4. The Kier molecular flexibility index (Phi) is 3.14. The lowest BCUT2D eigenvalue weighted by molar-refractivity contribution is 0.102. The zero-order valence-electron chi connectivity index (χ0n) is 12.6. The zero-order valence-corrected chi connectivity index (χ0v) is 12.6. The number of carbonyl (C=O) groups is 1. The average molecular weight is 309 g/mol. The molecule has 0 spiro atoms. The third-order valence-corrected chi connectivity index (χ3v) is 3.91. The molecule has 23 heavy (non-hydrogen) atoms. The van der Waals surface area contributed by atoms with Crippen molar-refractivity contribution in [2.75, 3.05) is 5.32 Å². The molecule has 0 unspecified atom stereocenters. The topological polar surface area (TPSA) is 101 Å². The molecule has 3 aromatic rings. The van der Waals surface area contributed by atoms with Gasteiger partial charge in [-0.2, -0.15) is 9.90 Å². The van der Waals surface area contributed by atoms with E-state index < -0.39 is 0 Å². The molecule has 4 rings (SSSR count). The van der Waals surface area contributed by atoms with E-state index in [1.807, 2.05) is 24.3 Å². The molecule has 0 atom stereocenters. The van der Waals surface area contributed by atoms with Crippen molar-refractivity contribution < 1.29 is 4.79 Å². The molecule has 1 aromatic carbocycles. The second-order valence-corrected chi connectivity index (χ2v) is 5.52. The molecular weight excluding hydrogens is 294 g/mol. The highest BCUT2D eigenvalue weighted by molar-refractivity contribution is 6.04. The van der Waals surface area contributed by atoms with Gasteiger partial charge < -0.3 is 5.32 Å². The quantitative estimate of drug-likeness (QED) is 0.760. The summed E-state index contributed by atoms with van der Waals surface area (Å²) in [6.07, 6.45) is 2.93. The molecular formula is C15H15N7O. The van der Waals surface area contributed by atoms with E-state index >= 15 is 0 Å². The normalized spacial score (nSPS) is 13.1. The number of nitrogens with zero attached hydrogens (tertiary/aromatic N) is 5. The number of benzene rings is 1. The third kappa shape index (κ3) is 2.48. The lowest BCUT2D eigenvalue weighted by atomic mass is 10.1. The first-order valence-corrected chi connectivity index (χ1v) is 7.42. The monoisotopic (exact) mass is 309 g/mol. The van der Waals surface area contributed by atoms with Crippen molar-refractivity contribution in [2.24, 2.45) is 7.05 Å². The fraction of sp³-hybridized carbons (Fsp3) is 0.267. The number of nitrogens with one attached hydrogen (secondary N) is 2. The van der Waals surface area contributed by atoms with Crippen LogP contribution in [0.2, 0.25) is 0 Å². The van der Waals surface area contributed by atoms with E-state index in [1.54, 1.807) is 7.05 Å². The molecule has 8 nitrogen and oxygen atoms in total. The van der Waals surface area contributed by atoms with E-state index in [0.29, 0.717) is 17.2 Å². The van der Waals surface area contributed by atoms with Gasteiger partial charge in [0.05, 0.1) is 7.05 Å². The molecule has 2 heterocycles. The Bertz CT molecular complexity index is 880. The van der Waals surface area contributed by atoms with Gasteiger partial charge in [0.1, 0.15) is 0 Å². The maximum Gasteiger partial charge on any atom is 0.276 e. The Morgan fingerprint density at radius 2 is 2.26 bits per heavy atom. The number of anilines is 1. The van der Waals surface area contributed by atoms with Gasteiger partial charge in [-0.25, -0.2) is 0 Å². The molecule has 1 amide bonds. The van der Waals surface area contributed by atoms with E-state index in [4.69, 9.17) is 0 Å². The highest BCUT2D eigenvalue weighted by Crippen LogP contribution is 2.24. The number of carbonyl (C=O) groups excluding carboxylic acids is 1. The Hall–Kier alpha value is -3.03.